The van der Waals surface area contributed by atoms with Crippen molar-refractivity contribution in [2.45, 2.75) is 19.5 Å². The molecular weight excluding hydrogens is 318 g/mol. The van der Waals surface area contributed by atoms with Crippen LogP contribution in [-0.4, -0.2) is 55.5 Å². The van der Waals surface area contributed by atoms with E-state index < -0.39 is 0 Å². The van der Waals surface area contributed by atoms with Gasteiger partial charge in [0, 0.05) is 57.8 Å². The molecule has 2 rings (SSSR count). The van der Waals surface area contributed by atoms with Crippen molar-refractivity contribution in [2.24, 2.45) is 4.99 Å². The maximum atomic E-state index is 5.47. The number of guanidine groups is 1. The molecule has 1 heterocycles. The van der Waals surface area contributed by atoms with Gasteiger partial charge in [-0.05, 0) is 24.6 Å². The average molecular weight is 345 g/mol. The number of rotatable bonds is 8. The molecule has 0 fully saturated rings. The highest BCUT2D eigenvalue weighted by atomic mass is 16.5. The van der Waals surface area contributed by atoms with Crippen LogP contribution in [0.15, 0.2) is 41.7 Å². The molecule has 7 heteroatoms. The lowest BCUT2D eigenvalue weighted by Crippen LogP contribution is -2.39. The zero-order chi connectivity index (χ0) is 18.1. The van der Waals surface area contributed by atoms with Crippen molar-refractivity contribution in [3.8, 4) is 11.5 Å². The van der Waals surface area contributed by atoms with Crippen molar-refractivity contribution in [2.75, 3.05) is 34.9 Å². The Morgan fingerprint density at radius 3 is 2.80 bits per heavy atom. The summed E-state index contributed by atoms with van der Waals surface area (Å²) in [6.45, 7) is 2.40. The number of hydrogen-bond donors (Lipinski definition) is 1. The predicted molar refractivity (Wildman–Crippen MR) is 99.2 cm³/mol. The van der Waals surface area contributed by atoms with E-state index in [1.165, 1.54) is 0 Å². The van der Waals surface area contributed by atoms with Crippen LogP contribution in [0.2, 0.25) is 0 Å². The molecule has 0 saturated carbocycles. The summed E-state index contributed by atoms with van der Waals surface area (Å²) in [5.41, 5.74) is 1.07. The minimum Gasteiger partial charge on any atom is -0.497 e. The number of aliphatic imine (C=N–C) groups is 1. The third-order valence-corrected chi connectivity index (χ3v) is 3.88. The van der Waals surface area contributed by atoms with E-state index in [1.807, 2.05) is 42.2 Å². The second-order valence-corrected chi connectivity index (χ2v) is 5.63. The lowest BCUT2D eigenvalue weighted by atomic mass is 10.2. The number of nitrogens with one attached hydrogen (secondary N) is 1. The van der Waals surface area contributed by atoms with Gasteiger partial charge in [0.2, 0.25) is 0 Å². The Morgan fingerprint density at radius 1 is 1.32 bits per heavy atom. The van der Waals surface area contributed by atoms with Gasteiger partial charge in [0.05, 0.1) is 14.2 Å². The van der Waals surface area contributed by atoms with Gasteiger partial charge in [0.15, 0.2) is 5.96 Å². The Bertz CT molecular complexity index is 670. The van der Waals surface area contributed by atoms with E-state index in [2.05, 4.69) is 20.3 Å². The van der Waals surface area contributed by atoms with Gasteiger partial charge in [-0.15, -0.1) is 0 Å². The summed E-state index contributed by atoms with van der Waals surface area (Å²) < 4.78 is 12.6. The summed E-state index contributed by atoms with van der Waals surface area (Å²) in [6, 6.07) is 7.77. The molecule has 1 N–H and O–H groups in total. The van der Waals surface area contributed by atoms with E-state index in [0.717, 1.165) is 42.5 Å². The standard InChI is InChI=1S/C18H27N5O2/c1-19-18(20-9-5-11-23-12-6-10-21-23)22(2)14-15-7-8-16(24-3)13-17(15)25-4/h6-8,10,12-13H,5,9,11,14H2,1-4H3,(H,19,20). The first-order chi connectivity index (χ1) is 12.2. The second kappa shape index (κ2) is 9.56. The molecule has 0 aliphatic rings. The Hall–Kier alpha value is -2.70. The molecule has 0 atom stereocenters. The molecule has 0 aliphatic heterocycles. The van der Waals surface area contributed by atoms with Gasteiger partial charge in [-0.3, -0.25) is 9.67 Å². The van der Waals surface area contributed by atoms with Crippen LogP contribution in [0.1, 0.15) is 12.0 Å². The number of benzene rings is 1. The average Bonchev–Trinajstić information content (AvgIpc) is 3.15. The van der Waals surface area contributed by atoms with Gasteiger partial charge >= 0.3 is 0 Å². The number of nitrogens with zero attached hydrogens (tertiary/aromatic N) is 4. The molecule has 136 valence electrons. The molecule has 0 unspecified atom stereocenters. The zero-order valence-corrected chi connectivity index (χ0v) is 15.4. The summed E-state index contributed by atoms with van der Waals surface area (Å²) in [7, 11) is 7.11. The maximum absolute atomic E-state index is 5.47. The molecule has 0 bridgehead atoms. The molecule has 7 nitrogen and oxygen atoms in total. The maximum Gasteiger partial charge on any atom is 0.193 e. The van der Waals surface area contributed by atoms with E-state index in [0.29, 0.717) is 6.54 Å². The van der Waals surface area contributed by atoms with Crippen molar-refractivity contribution in [1.82, 2.24) is 20.0 Å². The number of hydrogen-bond acceptors (Lipinski definition) is 4. The van der Waals surface area contributed by atoms with E-state index in [1.54, 1.807) is 27.5 Å². The van der Waals surface area contributed by atoms with Crippen LogP contribution < -0.4 is 14.8 Å². The van der Waals surface area contributed by atoms with Gasteiger partial charge < -0.3 is 19.7 Å². The summed E-state index contributed by atoms with van der Waals surface area (Å²) in [4.78, 5) is 6.42. The lowest BCUT2D eigenvalue weighted by Gasteiger charge is -2.23. The molecule has 0 amide bonds. The Kier molecular flexibility index (Phi) is 7.13. The summed E-state index contributed by atoms with van der Waals surface area (Å²) >= 11 is 0. The predicted octanol–water partition coefficient (Wildman–Crippen LogP) is 2.00. The minimum atomic E-state index is 0.687. The van der Waals surface area contributed by atoms with Crippen LogP contribution in [0.3, 0.4) is 0 Å². The van der Waals surface area contributed by atoms with E-state index in [-0.39, 0.29) is 0 Å². The molecule has 0 saturated heterocycles. The first kappa shape index (κ1) is 18.6. The SMILES string of the molecule is CN=C(NCCCn1cccn1)N(C)Cc1ccc(OC)cc1OC. The number of ether oxygens (including phenoxy) is 2. The lowest BCUT2D eigenvalue weighted by molar-refractivity contribution is 0.382. The third kappa shape index (κ3) is 5.41. The van der Waals surface area contributed by atoms with Crippen molar-refractivity contribution in [3.05, 3.63) is 42.2 Å². The summed E-state index contributed by atoms with van der Waals surface area (Å²) in [6.07, 6.45) is 4.74. The monoisotopic (exact) mass is 345 g/mol. The van der Waals surface area contributed by atoms with Crippen LogP contribution in [0.5, 0.6) is 11.5 Å². The van der Waals surface area contributed by atoms with Gasteiger partial charge in [-0.1, -0.05) is 0 Å². The Morgan fingerprint density at radius 2 is 2.16 bits per heavy atom. The summed E-state index contributed by atoms with van der Waals surface area (Å²) in [5.74, 6) is 2.43. The minimum absolute atomic E-state index is 0.687. The number of aromatic nitrogens is 2. The fraction of sp³-hybridized carbons (Fsp3) is 0.444. The molecule has 0 spiro atoms. The Labute approximate surface area is 149 Å². The van der Waals surface area contributed by atoms with E-state index >= 15 is 0 Å². The van der Waals surface area contributed by atoms with Crippen LogP contribution in [0.4, 0.5) is 0 Å². The molecule has 25 heavy (non-hydrogen) atoms. The largest absolute Gasteiger partial charge is 0.497 e. The van der Waals surface area contributed by atoms with Crippen LogP contribution in [-0.2, 0) is 13.1 Å². The van der Waals surface area contributed by atoms with Gasteiger partial charge in [-0.2, -0.15) is 5.10 Å². The first-order valence-corrected chi connectivity index (χ1v) is 8.28. The van der Waals surface area contributed by atoms with E-state index in [9.17, 15) is 0 Å². The van der Waals surface area contributed by atoms with Gasteiger partial charge in [-0.25, -0.2) is 0 Å². The number of aryl methyl sites for hydroxylation is 1. The normalized spacial score (nSPS) is 11.3. The van der Waals surface area contributed by atoms with Crippen LogP contribution in [0, 0.1) is 0 Å². The van der Waals surface area contributed by atoms with Gasteiger partial charge in [0.1, 0.15) is 11.5 Å². The van der Waals surface area contributed by atoms with Crippen molar-refractivity contribution >= 4 is 5.96 Å². The fourth-order valence-corrected chi connectivity index (χ4v) is 2.57. The summed E-state index contributed by atoms with van der Waals surface area (Å²) in [5, 5.41) is 7.58. The quantitative estimate of drug-likeness (QED) is 0.450. The molecule has 2 aromatic rings. The Balaban J connectivity index is 1.88. The second-order valence-electron chi connectivity index (χ2n) is 5.63. The molecular formula is C18H27N5O2. The van der Waals surface area contributed by atoms with Crippen molar-refractivity contribution in [1.29, 1.82) is 0 Å². The van der Waals surface area contributed by atoms with Crippen LogP contribution in [0.25, 0.3) is 0 Å². The topological polar surface area (TPSA) is 63.9 Å². The highest BCUT2D eigenvalue weighted by Gasteiger charge is 2.11. The van der Waals surface area contributed by atoms with Crippen LogP contribution >= 0.6 is 0 Å². The molecule has 0 aliphatic carbocycles. The van der Waals surface area contributed by atoms with Crippen molar-refractivity contribution in [3.63, 3.8) is 0 Å². The third-order valence-electron chi connectivity index (χ3n) is 3.88. The zero-order valence-electron chi connectivity index (χ0n) is 15.4. The highest BCUT2D eigenvalue weighted by molar-refractivity contribution is 5.79. The molecule has 1 aromatic carbocycles. The molecule has 1 aromatic heterocycles. The number of methoxy groups -OCH3 is 2. The van der Waals surface area contributed by atoms with Gasteiger partial charge in [0.25, 0.3) is 0 Å². The van der Waals surface area contributed by atoms with Crippen molar-refractivity contribution < 1.29 is 9.47 Å². The van der Waals surface area contributed by atoms with E-state index in [4.69, 9.17) is 9.47 Å². The fourth-order valence-electron chi connectivity index (χ4n) is 2.57. The smallest absolute Gasteiger partial charge is 0.193 e. The highest BCUT2D eigenvalue weighted by Crippen LogP contribution is 2.25. The first-order valence-electron chi connectivity index (χ1n) is 8.28. The molecule has 0 radical (unpaired) electrons.